The summed E-state index contributed by atoms with van der Waals surface area (Å²) in [5.41, 5.74) is 2.49. The molecule has 4 nitrogen and oxygen atoms in total. The lowest BCUT2D eigenvalue weighted by molar-refractivity contribution is 0.305. The predicted octanol–water partition coefficient (Wildman–Crippen LogP) is 3.32. The maximum atomic E-state index is 9.02. The van der Waals surface area contributed by atoms with Gasteiger partial charge in [-0.15, -0.1) is 0 Å². The van der Waals surface area contributed by atoms with Gasteiger partial charge in [0, 0.05) is 11.8 Å². The predicted molar refractivity (Wildman–Crippen MR) is 79.1 cm³/mol. The van der Waals surface area contributed by atoms with Gasteiger partial charge in [-0.1, -0.05) is 30.3 Å². The fourth-order valence-electron chi connectivity index (χ4n) is 2.00. The molecule has 0 saturated heterocycles. The maximum Gasteiger partial charge on any atom is 0.137 e. The second kappa shape index (κ2) is 5.93. The summed E-state index contributed by atoms with van der Waals surface area (Å²) in [7, 11) is 0. The van der Waals surface area contributed by atoms with Crippen LogP contribution in [-0.4, -0.2) is 9.78 Å². The Morgan fingerprint density at radius 1 is 1.05 bits per heavy atom. The summed E-state index contributed by atoms with van der Waals surface area (Å²) < 4.78 is 7.49. The van der Waals surface area contributed by atoms with E-state index in [0.717, 1.165) is 11.3 Å². The minimum absolute atomic E-state index is 0.380. The van der Waals surface area contributed by atoms with Crippen LogP contribution in [0.25, 0.3) is 5.69 Å². The largest absolute Gasteiger partial charge is 0.487 e. The quantitative estimate of drug-likeness (QED) is 0.734. The van der Waals surface area contributed by atoms with Crippen molar-refractivity contribution in [3.05, 3.63) is 78.1 Å². The van der Waals surface area contributed by atoms with Crippen molar-refractivity contribution in [3.63, 3.8) is 0 Å². The first-order valence-corrected chi connectivity index (χ1v) is 6.58. The average Bonchev–Trinajstić information content (AvgIpc) is 3.03. The lowest BCUT2D eigenvalue weighted by Gasteiger charge is -2.05. The second-order valence-corrected chi connectivity index (χ2v) is 4.53. The highest BCUT2D eigenvalue weighted by Gasteiger charge is 2.04. The molecule has 3 rings (SSSR count). The van der Waals surface area contributed by atoms with Crippen LogP contribution >= 0.6 is 0 Å². The van der Waals surface area contributed by atoms with E-state index in [1.165, 1.54) is 0 Å². The van der Waals surface area contributed by atoms with Crippen LogP contribution in [0.15, 0.2) is 67.0 Å². The van der Waals surface area contributed by atoms with Crippen molar-refractivity contribution in [2.45, 2.75) is 6.61 Å². The maximum absolute atomic E-state index is 9.02. The van der Waals surface area contributed by atoms with Crippen LogP contribution in [0.3, 0.4) is 0 Å². The highest BCUT2D eigenvalue weighted by Crippen LogP contribution is 2.18. The minimum Gasteiger partial charge on any atom is -0.487 e. The standard InChI is InChI=1S/C17H13N3O/c18-10-15-6-4-5-9-17(15)21-13-14-11-19-20(12-14)16-7-2-1-3-8-16/h1-9,11-12H,13H2. The van der Waals surface area contributed by atoms with Crippen LogP contribution in [0.2, 0.25) is 0 Å². The molecular weight excluding hydrogens is 262 g/mol. The van der Waals surface area contributed by atoms with E-state index in [2.05, 4.69) is 11.2 Å². The molecule has 0 unspecified atom stereocenters. The topological polar surface area (TPSA) is 50.8 Å². The van der Waals surface area contributed by atoms with Crippen LogP contribution in [0, 0.1) is 11.3 Å². The van der Waals surface area contributed by atoms with Gasteiger partial charge in [0.2, 0.25) is 0 Å². The molecule has 1 aromatic heterocycles. The van der Waals surface area contributed by atoms with Gasteiger partial charge in [-0.3, -0.25) is 0 Å². The monoisotopic (exact) mass is 275 g/mol. The number of hydrogen-bond acceptors (Lipinski definition) is 3. The summed E-state index contributed by atoms with van der Waals surface area (Å²) in [6, 6.07) is 19.2. The Morgan fingerprint density at radius 2 is 1.81 bits per heavy atom. The number of nitriles is 1. The van der Waals surface area contributed by atoms with E-state index in [1.807, 2.05) is 48.7 Å². The molecule has 1 heterocycles. The molecule has 4 heteroatoms. The van der Waals surface area contributed by atoms with Crippen LogP contribution < -0.4 is 4.74 Å². The fraction of sp³-hybridized carbons (Fsp3) is 0.0588. The molecule has 0 bridgehead atoms. The Bertz CT molecular complexity index is 772. The number of aromatic nitrogens is 2. The zero-order valence-corrected chi connectivity index (χ0v) is 11.3. The summed E-state index contributed by atoms with van der Waals surface area (Å²) in [5.74, 6) is 0.590. The summed E-state index contributed by atoms with van der Waals surface area (Å²) in [5, 5.41) is 13.3. The third-order valence-corrected chi connectivity index (χ3v) is 3.06. The molecule has 21 heavy (non-hydrogen) atoms. The van der Waals surface area contributed by atoms with Gasteiger partial charge < -0.3 is 4.74 Å². The number of ether oxygens (including phenoxy) is 1. The summed E-state index contributed by atoms with van der Waals surface area (Å²) in [4.78, 5) is 0. The Kier molecular flexibility index (Phi) is 3.66. The first-order valence-electron chi connectivity index (χ1n) is 6.58. The average molecular weight is 275 g/mol. The molecule has 0 aliphatic carbocycles. The molecule has 0 fully saturated rings. The smallest absolute Gasteiger partial charge is 0.137 e. The number of para-hydroxylation sites is 2. The lowest BCUT2D eigenvalue weighted by atomic mass is 10.2. The summed E-state index contributed by atoms with van der Waals surface area (Å²) in [6.07, 6.45) is 3.69. The van der Waals surface area contributed by atoms with Gasteiger partial charge in [0.05, 0.1) is 17.4 Å². The molecule has 102 valence electrons. The molecule has 0 aliphatic rings. The molecule has 0 saturated carbocycles. The van der Waals surface area contributed by atoms with E-state index in [1.54, 1.807) is 23.0 Å². The molecular formula is C17H13N3O. The molecule has 0 N–H and O–H groups in total. The molecule has 0 radical (unpaired) electrons. The van der Waals surface area contributed by atoms with Crippen molar-refractivity contribution in [1.29, 1.82) is 5.26 Å². The molecule has 0 spiro atoms. The SMILES string of the molecule is N#Cc1ccccc1OCc1cnn(-c2ccccc2)c1. The van der Waals surface area contributed by atoms with Crippen molar-refractivity contribution in [1.82, 2.24) is 9.78 Å². The Morgan fingerprint density at radius 3 is 2.62 bits per heavy atom. The normalized spacial score (nSPS) is 10.0. The number of nitrogens with zero attached hydrogens (tertiary/aromatic N) is 3. The van der Waals surface area contributed by atoms with Crippen LogP contribution in [0.5, 0.6) is 5.75 Å². The van der Waals surface area contributed by atoms with Crippen molar-refractivity contribution in [3.8, 4) is 17.5 Å². The van der Waals surface area contributed by atoms with Gasteiger partial charge in [0.25, 0.3) is 0 Å². The Labute approximate surface area is 122 Å². The van der Waals surface area contributed by atoms with Crippen molar-refractivity contribution < 1.29 is 4.74 Å². The summed E-state index contributed by atoms with van der Waals surface area (Å²) in [6.45, 7) is 0.380. The molecule has 0 atom stereocenters. The van der Waals surface area contributed by atoms with Crippen LogP contribution in [0.4, 0.5) is 0 Å². The fourth-order valence-corrected chi connectivity index (χ4v) is 2.00. The minimum atomic E-state index is 0.380. The van der Waals surface area contributed by atoms with E-state index in [0.29, 0.717) is 17.9 Å². The van der Waals surface area contributed by atoms with Gasteiger partial charge in [0.1, 0.15) is 18.4 Å². The lowest BCUT2D eigenvalue weighted by Crippen LogP contribution is -1.96. The number of rotatable bonds is 4. The first-order chi connectivity index (χ1) is 10.4. The summed E-state index contributed by atoms with van der Waals surface area (Å²) >= 11 is 0. The van der Waals surface area contributed by atoms with E-state index in [-0.39, 0.29) is 0 Å². The number of benzene rings is 2. The van der Waals surface area contributed by atoms with E-state index < -0.39 is 0 Å². The van der Waals surface area contributed by atoms with Crippen molar-refractivity contribution in [2.24, 2.45) is 0 Å². The first kappa shape index (κ1) is 12.9. The van der Waals surface area contributed by atoms with Crippen LogP contribution in [0.1, 0.15) is 11.1 Å². The molecule has 0 amide bonds. The van der Waals surface area contributed by atoms with Gasteiger partial charge in [-0.25, -0.2) is 4.68 Å². The molecule has 0 aliphatic heterocycles. The third-order valence-electron chi connectivity index (χ3n) is 3.06. The van der Waals surface area contributed by atoms with Crippen molar-refractivity contribution >= 4 is 0 Å². The van der Waals surface area contributed by atoms with Gasteiger partial charge in [0.15, 0.2) is 0 Å². The zero-order valence-electron chi connectivity index (χ0n) is 11.3. The molecule has 3 aromatic rings. The zero-order chi connectivity index (χ0) is 14.5. The third kappa shape index (κ3) is 2.93. The second-order valence-electron chi connectivity index (χ2n) is 4.53. The van der Waals surface area contributed by atoms with E-state index in [9.17, 15) is 0 Å². The van der Waals surface area contributed by atoms with Gasteiger partial charge >= 0.3 is 0 Å². The Hall–Kier alpha value is -3.06. The Balaban J connectivity index is 1.72. The molecule has 2 aromatic carbocycles. The van der Waals surface area contributed by atoms with E-state index in [4.69, 9.17) is 10.00 Å². The van der Waals surface area contributed by atoms with E-state index >= 15 is 0 Å². The van der Waals surface area contributed by atoms with Gasteiger partial charge in [-0.05, 0) is 24.3 Å². The highest BCUT2D eigenvalue weighted by molar-refractivity contribution is 5.42. The highest BCUT2D eigenvalue weighted by atomic mass is 16.5. The van der Waals surface area contributed by atoms with Gasteiger partial charge in [-0.2, -0.15) is 10.4 Å². The van der Waals surface area contributed by atoms with Crippen LogP contribution in [-0.2, 0) is 6.61 Å². The number of hydrogen-bond donors (Lipinski definition) is 0. The van der Waals surface area contributed by atoms with Crippen molar-refractivity contribution in [2.75, 3.05) is 0 Å².